The first-order valence-electron chi connectivity index (χ1n) is 7.89. The lowest BCUT2D eigenvalue weighted by molar-refractivity contribution is -0.171. The molecule has 1 saturated heterocycles. The Kier molecular flexibility index (Phi) is 4.95. The first-order valence-corrected chi connectivity index (χ1v) is 7.89. The molecule has 0 N–H and O–H groups in total. The van der Waals surface area contributed by atoms with Gasteiger partial charge in [0.15, 0.2) is 0 Å². The lowest BCUT2D eigenvalue weighted by atomic mass is 9.66. The minimum atomic E-state index is -0.583. The molecule has 0 spiro atoms. The predicted molar refractivity (Wildman–Crippen MR) is 81.0 cm³/mol. The van der Waals surface area contributed by atoms with E-state index in [1.165, 1.54) is 0 Å². The molecule has 1 heterocycles. The summed E-state index contributed by atoms with van der Waals surface area (Å²) in [6.45, 7) is 12.7. The van der Waals surface area contributed by atoms with Crippen molar-refractivity contribution in [2.75, 3.05) is 19.8 Å². The average molecular weight is 310 g/mol. The normalized spacial score (nSPS) is 31.5. The van der Waals surface area contributed by atoms with Gasteiger partial charge in [-0.25, -0.2) is 0 Å². The van der Waals surface area contributed by atoms with Crippen molar-refractivity contribution in [2.24, 2.45) is 23.7 Å². The molecular weight excluding hydrogens is 284 g/mol. The van der Waals surface area contributed by atoms with Crippen LogP contribution in [0.25, 0.3) is 0 Å². The molecule has 4 atom stereocenters. The maximum atomic E-state index is 12.6. The topological polar surface area (TPSA) is 61.8 Å². The molecule has 0 radical (unpaired) electrons. The summed E-state index contributed by atoms with van der Waals surface area (Å²) in [6.07, 6.45) is 0.461. The predicted octanol–water partition coefficient (Wildman–Crippen LogP) is 2.35. The van der Waals surface area contributed by atoms with E-state index < -0.39 is 17.4 Å². The summed E-state index contributed by atoms with van der Waals surface area (Å²) in [5, 5.41) is 0. The van der Waals surface area contributed by atoms with Gasteiger partial charge in [-0.1, -0.05) is 12.2 Å². The van der Waals surface area contributed by atoms with Crippen LogP contribution in [0, 0.1) is 23.7 Å². The molecule has 1 aliphatic carbocycles. The number of carbonyl (C=O) groups is 2. The highest BCUT2D eigenvalue weighted by molar-refractivity contribution is 5.83. The largest absolute Gasteiger partial charge is 0.466 e. The molecule has 0 aromatic heterocycles. The molecule has 2 rings (SSSR count). The lowest BCUT2D eigenvalue weighted by Crippen LogP contribution is -2.45. The molecule has 1 saturated carbocycles. The van der Waals surface area contributed by atoms with Crippen molar-refractivity contribution in [2.45, 2.75) is 39.7 Å². The Labute approximate surface area is 132 Å². The van der Waals surface area contributed by atoms with Crippen LogP contribution in [-0.2, 0) is 23.8 Å². The van der Waals surface area contributed by atoms with Crippen LogP contribution in [0.2, 0.25) is 0 Å². The van der Waals surface area contributed by atoms with Crippen LogP contribution in [-0.4, -0.2) is 37.4 Å². The van der Waals surface area contributed by atoms with Crippen LogP contribution in [0.5, 0.6) is 0 Å². The Balaban J connectivity index is 2.25. The highest BCUT2D eigenvalue weighted by Gasteiger charge is 2.51. The van der Waals surface area contributed by atoms with E-state index in [1.807, 2.05) is 20.8 Å². The van der Waals surface area contributed by atoms with Crippen molar-refractivity contribution >= 4 is 11.9 Å². The minimum absolute atomic E-state index is 0.0437. The fourth-order valence-electron chi connectivity index (χ4n) is 3.39. The third-order valence-corrected chi connectivity index (χ3v) is 4.29. The van der Waals surface area contributed by atoms with Gasteiger partial charge in [0.1, 0.15) is 5.60 Å². The average Bonchev–Trinajstić information content (AvgIpc) is 2.86. The Hall–Kier alpha value is -1.36. The third kappa shape index (κ3) is 3.51. The molecule has 5 nitrogen and oxygen atoms in total. The number of ether oxygens (including phenoxy) is 3. The summed E-state index contributed by atoms with van der Waals surface area (Å²) >= 11 is 0. The summed E-state index contributed by atoms with van der Waals surface area (Å²) < 4.78 is 16.2. The van der Waals surface area contributed by atoms with Crippen molar-refractivity contribution in [3.63, 3.8) is 0 Å². The Morgan fingerprint density at radius 3 is 2.55 bits per heavy atom. The number of rotatable bonds is 3. The minimum Gasteiger partial charge on any atom is -0.466 e. The van der Waals surface area contributed by atoms with Gasteiger partial charge < -0.3 is 14.2 Å². The second kappa shape index (κ2) is 6.41. The van der Waals surface area contributed by atoms with Gasteiger partial charge >= 0.3 is 11.9 Å². The highest BCUT2D eigenvalue weighted by Crippen LogP contribution is 2.46. The van der Waals surface area contributed by atoms with Crippen LogP contribution in [0.3, 0.4) is 0 Å². The van der Waals surface area contributed by atoms with Crippen molar-refractivity contribution in [3.05, 3.63) is 12.2 Å². The lowest BCUT2D eigenvalue weighted by Gasteiger charge is -2.38. The van der Waals surface area contributed by atoms with E-state index in [9.17, 15) is 9.59 Å². The van der Waals surface area contributed by atoms with Crippen molar-refractivity contribution < 1.29 is 23.8 Å². The van der Waals surface area contributed by atoms with Crippen LogP contribution in [0.1, 0.15) is 34.1 Å². The molecule has 0 aromatic carbocycles. The fourth-order valence-corrected chi connectivity index (χ4v) is 3.39. The van der Waals surface area contributed by atoms with Crippen molar-refractivity contribution in [3.8, 4) is 0 Å². The molecule has 0 amide bonds. The zero-order valence-electron chi connectivity index (χ0n) is 13.9. The first-order chi connectivity index (χ1) is 10.2. The quantitative estimate of drug-likeness (QED) is 0.591. The summed E-state index contributed by atoms with van der Waals surface area (Å²) in [7, 11) is 0. The van der Waals surface area contributed by atoms with Gasteiger partial charge in [-0.2, -0.15) is 0 Å². The highest BCUT2D eigenvalue weighted by atomic mass is 16.6. The Morgan fingerprint density at radius 2 is 1.95 bits per heavy atom. The zero-order valence-corrected chi connectivity index (χ0v) is 13.9. The second-order valence-electron chi connectivity index (χ2n) is 7.09. The van der Waals surface area contributed by atoms with E-state index in [0.717, 1.165) is 5.57 Å². The summed E-state index contributed by atoms with van der Waals surface area (Å²) in [5.41, 5.74) is 0.389. The smallest absolute Gasteiger partial charge is 0.310 e. The van der Waals surface area contributed by atoms with Crippen LogP contribution >= 0.6 is 0 Å². The summed E-state index contributed by atoms with van der Waals surface area (Å²) in [6, 6.07) is 0. The van der Waals surface area contributed by atoms with Gasteiger partial charge in [0.2, 0.25) is 0 Å². The molecule has 2 fully saturated rings. The number of esters is 2. The maximum absolute atomic E-state index is 12.6. The SMILES string of the molecule is C=C1C[C@@H](C(=O)OC(C)(C)C)[C@H](C(=O)OCC)[C@H]2COC[C@@H]12. The van der Waals surface area contributed by atoms with E-state index in [4.69, 9.17) is 14.2 Å². The maximum Gasteiger partial charge on any atom is 0.310 e. The molecule has 0 aromatic rings. The molecule has 0 unspecified atom stereocenters. The second-order valence-corrected chi connectivity index (χ2v) is 7.09. The van der Waals surface area contributed by atoms with Crippen LogP contribution < -0.4 is 0 Å². The number of fused-ring (bicyclic) bond motifs is 1. The summed E-state index contributed by atoms with van der Waals surface area (Å²) in [4.78, 5) is 25.0. The van der Waals surface area contributed by atoms with Gasteiger partial charge in [-0.05, 0) is 34.1 Å². The molecule has 0 bridgehead atoms. The molecule has 22 heavy (non-hydrogen) atoms. The molecule has 124 valence electrons. The Bertz CT molecular complexity index is 462. The standard InChI is InChI=1S/C17H26O5/c1-6-21-16(19)14-11(15(18)22-17(3,4)5)7-10(2)12-8-20-9-13(12)14/h11-14H,2,6-9H2,1,3-5H3/t11-,12+,13+,14+/m1/s1. The zero-order chi connectivity index (χ0) is 16.5. The molecule has 1 aliphatic heterocycles. The van der Waals surface area contributed by atoms with Gasteiger partial charge in [-0.3, -0.25) is 9.59 Å². The van der Waals surface area contributed by atoms with Crippen molar-refractivity contribution in [1.29, 1.82) is 0 Å². The number of carbonyl (C=O) groups excluding carboxylic acids is 2. The van der Waals surface area contributed by atoms with E-state index in [2.05, 4.69) is 6.58 Å². The summed E-state index contributed by atoms with van der Waals surface area (Å²) in [5.74, 6) is -1.63. The number of hydrogen-bond donors (Lipinski definition) is 0. The van der Waals surface area contributed by atoms with E-state index in [0.29, 0.717) is 26.2 Å². The monoisotopic (exact) mass is 310 g/mol. The van der Waals surface area contributed by atoms with Crippen LogP contribution in [0.15, 0.2) is 12.2 Å². The van der Waals surface area contributed by atoms with Crippen LogP contribution in [0.4, 0.5) is 0 Å². The Morgan fingerprint density at radius 1 is 1.27 bits per heavy atom. The fraction of sp³-hybridized carbons (Fsp3) is 0.765. The van der Waals surface area contributed by atoms with E-state index in [-0.39, 0.29) is 23.8 Å². The third-order valence-electron chi connectivity index (χ3n) is 4.29. The number of hydrogen-bond acceptors (Lipinski definition) is 5. The van der Waals surface area contributed by atoms with Gasteiger partial charge in [-0.15, -0.1) is 0 Å². The van der Waals surface area contributed by atoms with Gasteiger partial charge in [0.05, 0.1) is 31.7 Å². The van der Waals surface area contributed by atoms with Gasteiger partial charge in [0.25, 0.3) is 0 Å². The van der Waals surface area contributed by atoms with Gasteiger partial charge in [0, 0.05) is 11.8 Å². The van der Waals surface area contributed by atoms with Crippen molar-refractivity contribution in [1.82, 2.24) is 0 Å². The molecule has 5 heteroatoms. The molecule has 2 aliphatic rings. The van der Waals surface area contributed by atoms with E-state index >= 15 is 0 Å². The molecular formula is C17H26O5. The first kappa shape index (κ1) is 17.0. The van der Waals surface area contributed by atoms with E-state index in [1.54, 1.807) is 6.92 Å².